The summed E-state index contributed by atoms with van der Waals surface area (Å²) in [5.74, 6) is 0.0168. The number of hydrogen-bond donors (Lipinski definition) is 1. The third-order valence-electron chi connectivity index (χ3n) is 4.43. The van der Waals surface area contributed by atoms with E-state index in [1.165, 1.54) is 42.1 Å². The summed E-state index contributed by atoms with van der Waals surface area (Å²) >= 11 is 0. The highest BCUT2D eigenvalue weighted by Gasteiger charge is 2.17. The van der Waals surface area contributed by atoms with Crippen LogP contribution in [0.2, 0.25) is 0 Å². The minimum atomic E-state index is -0.769. The average molecular weight is 271 g/mol. The van der Waals surface area contributed by atoms with Gasteiger partial charge in [0.2, 0.25) is 0 Å². The summed E-state index contributed by atoms with van der Waals surface area (Å²) in [6.07, 6.45) is 7.68. The Labute approximate surface area is 119 Å². The van der Waals surface area contributed by atoms with E-state index in [-0.39, 0.29) is 6.42 Å². The number of benzene rings is 1. The number of aryl methyl sites for hydroxylation is 1. The van der Waals surface area contributed by atoms with E-state index in [2.05, 4.69) is 23.8 Å². The molecule has 0 saturated heterocycles. The van der Waals surface area contributed by atoms with Crippen molar-refractivity contribution in [1.82, 2.24) is 4.57 Å². The van der Waals surface area contributed by atoms with Crippen LogP contribution in [-0.4, -0.2) is 15.6 Å². The van der Waals surface area contributed by atoms with Crippen LogP contribution in [-0.2, 0) is 17.8 Å². The smallest absolute Gasteiger partial charge is 0.307 e. The first kappa shape index (κ1) is 13.2. The molecule has 3 rings (SSSR count). The molecule has 2 aromatic rings. The number of nitrogens with zero attached hydrogens (tertiary/aromatic N) is 1. The number of rotatable bonds is 4. The van der Waals surface area contributed by atoms with Crippen LogP contribution in [0.1, 0.15) is 36.8 Å². The molecule has 1 aliphatic carbocycles. The van der Waals surface area contributed by atoms with E-state index in [9.17, 15) is 4.79 Å². The maximum absolute atomic E-state index is 10.9. The molecule has 0 bridgehead atoms. The van der Waals surface area contributed by atoms with Crippen LogP contribution in [0.15, 0.2) is 24.4 Å². The highest BCUT2D eigenvalue weighted by atomic mass is 16.4. The zero-order chi connectivity index (χ0) is 14.1. The fourth-order valence-corrected chi connectivity index (χ4v) is 3.43. The fraction of sp³-hybridized carbons (Fsp3) is 0.471. The predicted octanol–water partition coefficient (Wildman–Crippen LogP) is 3.77. The number of aromatic nitrogens is 1. The van der Waals surface area contributed by atoms with Crippen molar-refractivity contribution >= 4 is 16.9 Å². The lowest BCUT2D eigenvalue weighted by atomic mass is 10.1. The molecule has 1 aromatic carbocycles. The van der Waals surface area contributed by atoms with Gasteiger partial charge in [-0.1, -0.05) is 25.0 Å². The summed E-state index contributed by atoms with van der Waals surface area (Å²) in [6, 6.07) is 6.04. The van der Waals surface area contributed by atoms with Crippen molar-refractivity contribution in [3.63, 3.8) is 0 Å². The molecule has 1 aliphatic rings. The minimum Gasteiger partial charge on any atom is -0.481 e. The Morgan fingerprint density at radius 3 is 2.80 bits per heavy atom. The second kappa shape index (κ2) is 5.31. The van der Waals surface area contributed by atoms with E-state index in [0.29, 0.717) is 0 Å². The third-order valence-corrected chi connectivity index (χ3v) is 4.43. The summed E-state index contributed by atoms with van der Waals surface area (Å²) in [5.41, 5.74) is 3.35. The molecule has 1 fully saturated rings. The van der Waals surface area contributed by atoms with Crippen molar-refractivity contribution in [2.45, 2.75) is 45.6 Å². The van der Waals surface area contributed by atoms with Gasteiger partial charge in [-0.2, -0.15) is 0 Å². The second-order valence-corrected chi connectivity index (χ2v) is 6.04. The van der Waals surface area contributed by atoms with Gasteiger partial charge in [-0.3, -0.25) is 4.79 Å². The van der Waals surface area contributed by atoms with Crippen molar-refractivity contribution in [3.8, 4) is 0 Å². The summed E-state index contributed by atoms with van der Waals surface area (Å²) in [4.78, 5) is 10.9. The van der Waals surface area contributed by atoms with Crippen LogP contribution < -0.4 is 0 Å². The van der Waals surface area contributed by atoms with Gasteiger partial charge in [0.05, 0.1) is 6.42 Å². The average Bonchev–Trinajstić information content (AvgIpc) is 2.99. The molecule has 1 aromatic heterocycles. The maximum Gasteiger partial charge on any atom is 0.307 e. The number of carbonyl (C=O) groups is 1. The number of aliphatic carboxylic acids is 1. The zero-order valence-corrected chi connectivity index (χ0v) is 11.9. The summed E-state index contributed by atoms with van der Waals surface area (Å²) in [7, 11) is 0. The Hall–Kier alpha value is -1.77. The first-order valence-corrected chi connectivity index (χ1v) is 7.43. The molecule has 0 aliphatic heterocycles. The number of carboxylic acid groups (broad SMARTS) is 1. The molecular formula is C17H21NO2. The Balaban J connectivity index is 1.95. The molecule has 20 heavy (non-hydrogen) atoms. The molecule has 3 nitrogen and oxygen atoms in total. The molecule has 3 heteroatoms. The zero-order valence-electron chi connectivity index (χ0n) is 11.9. The topological polar surface area (TPSA) is 42.2 Å². The van der Waals surface area contributed by atoms with E-state index in [1.807, 2.05) is 12.1 Å². The lowest BCUT2D eigenvalue weighted by Crippen LogP contribution is -2.06. The molecule has 0 unspecified atom stereocenters. The van der Waals surface area contributed by atoms with E-state index >= 15 is 0 Å². The van der Waals surface area contributed by atoms with Gasteiger partial charge < -0.3 is 9.67 Å². The van der Waals surface area contributed by atoms with E-state index in [1.54, 1.807) is 0 Å². The predicted molar refractivity (Wildman–Crippen MR) is 80.0 cm³/mol. The number of fused-ring (bicyclic) bond motifs is 1. The lowest BCUT2D eigenvalue weighted by molar-refractivity contribution is -0.136. The SMILES string of the molecule is Cc1cn(CC2CCCC2)c2cc(CC(=O)O)ccc12. The van der Waals surface area contributed by atoms with Crippen molar-refractivity contribution < 1.29 is 9.90 Å². The van der Waals surface area contributed by atoms with E-state index in [0.717, 1.165) is 18.0 Å². The van der Waals surface area contributed by atoms with Crippen LogP contribution >= 0.6 is 0 Å². The molecule has 0 atom stereocenters. The molecule has 1 N–H and O–H groups in total. The molecule has 106 valence electrons. The van der Waals surface area contributed by atoms with E-state index in [4.69, 9.17) is 5.11 Å². The fourth-order valence-electron chi connectivity index (χ4n) is 3.43. The number of carboxylic acids is 1. The summed E-state index contributed by atoms with van der Waals surface area (Å²) < 4.78 is 2.33. The van der Waals surface area contributed by atoms with Crippen LogP contribution in [0.4, 0.5) is 0 Å². The van der Waals surface area contributed by atoms with Gasteiger partial charge >= 0.3 is 5.97 Å². The Bertz CT molecular complexity index is 636. The van der Waals surface area contributed by atoms with Crippen molar-refractivity contribution in [3.05, 3.63) is 35.5 Å². The van der Waals surface area contributed by atoms with Crippen molar-refractivity contribution in [1.29, 1.82) is 0 Å². The molecule has 0 radical (unpaired) electrons. The second-order valence-electron chi connectivity index (χ2n) is 6.04. The standard InChI is InChI=1S/C17H21NO2/c1-12-10-18(11-13-4-2-3-5-13)16-8-14(9-17(19)20)6-7-15(12)16/h6-8,10,13H,2-5,9,11H2,1H3,(H,19,20). The molecule has 0 amide bonds. The van der Waals surface area contributed by atoms with Gasteiger partial charge in [-0.25, -0.2) is 0 Å². The first-order valence-electron chi connectivity index (χ1n) is 7.43. The highest BCUT2D eigenvalue weighted by molar-refractivity contribution is 5.85. The number of hydrogen-bond acceptors (Lipinski definition) is 1. The van der Waals surface area contributed by atoms with Gasteiger partial charge in [0, 0.05) is 23.6 Å². The third kappa shape index (κ3) is 2.58. The maximum atomic E-state index is 10.9. The van der Waals surface area contributed by atoms with Crippen LogP contribution in [0.5, 0.6) is 0 Å². The molecule has 1 heterocycles. The Kier molecular flexibility index (Phi) is 3.51. The normalized spacial score (nSPS) is 16.1. The minimum absolute atomic E-state index is 0.101. The summed E-state index contributed by atoms with van der Waals surface area (Å²) in [5, 5.41) is 10.2. The summed E-state index contributed by atoms with van der Waals surface area (Å²) in [6.45, 7) is 3.20. The quantitative estimate of drug-likeness (QED) is 0.919. The lowest BCUT2D eigenvalue weighted by Gasteiger charge is -2.12. The first-order chi connectivity index (χ1) is 9.63. The van der Waals surface area contributed by atoms with Crippen LogP contribution in [0, 0.1) is 12.8 Å². The molecule has 0 spiro atoms. The van der Waals surface area contributed by atoms with Gasteiger partial charge in [0.15, 0.2) is 0 Å². The van der Waals surface area contributed by atoms with E-state index < -0.39 is 5.97 Å². The highest BCUT2D eigenvalue weighted by Crippen LogP contribution is 2.29. The van der Waals surface area contributed by atoms with Gasteiger partial charge in [-0.15, -0.1) is 0 Å². The van der Waals surface area contributed by atoms with Crippen LogP contribution in [0.3, 0.4) is 0 Å². The monoisotopic (exact) mass is 271 g/mol. The van der Waals surface area contributed by atoms with Crippen LogP contribution in [0.25, 0.3) is 10.9 Å². The van der Waals surface area contributed by atoms with Gasteiger partial charge in [0.25, 0.3) is 0 Å². The van der Waals surface area contributed by atoms with Gasteiger partial charge in [0.1, 0.15) is 0 Å². The molecular weight excluding hydrogens is 250 g/mol. The van der Waals surface area contributed by atoms with Crippen molar-refractivity contribution in [2.75, 3.05) is 0 Å². The largest absolute Gasteiger partial charge is 0.481 e. The Morgan fingerprint density at radius 2 is 2.10 bits per heavy atom. The Morgan fingerprint density at radius 1 is 1.35 bits per heavy atom. The van der Waals surface area contributed by atoms with Gasteiger partial charge in [-0.05, 0) is 42.9 Å². The van der Waals surface area contributed by atoms with Crippen molar-refractivity contribution in [2.24, 2.45) is 5.92 Å². The molecule has 1 saturated carbocycles.